The molecule has 4 aromatic carbocycles. The molecule has 0 aliphatic carbocycles. The maximum absolute atomic E-state index is 15.2. The number of carbonyl (C=O) groups is 1. The van der Waals surface area contributed by atoms with Gasteiger partial charge in [0.05, 0.1) is 11.1 Å². The number of halogens is 8. The molecule has 0 aliphatic heterocycles. The molecule has 0 N–H and O–H groups in total. The fraction of sp³-hybridized carbons (Fsp3) is 0.324. The van der Waals surface area contributed by atoms with Crippen LogP contribution < -0.4 is 9.47 Å². The number of ketones is 1. The maximum atomic E-state index is 15.2. The molecule has 0 bridgehead atoms. The van der Waals surface area contributed by atoms with Crippen LogP contribution in [-0.2, 0) is 5.41 Å². The van der Waals surface area contributed by atoms with Crippen LogP contribution in [0.1, 0.15) is 88.7 Å². The lowest BCUT2D eigenvalue weighted by molar-refractivity contribution is 0.0681. The van der Waals surface area contributed by atoms with Crippen LogP contribution >= 0.6 is 0 Å². The van der Waals surface area contributed by atoms with Crippen molar-refractivity contribution in [3.8, 4) is 28.4 Å². The van der Waals surface area contributed by atoms with Crippen LogP contribution in [0.5, 0.6) is 17.2 Å². The van der Waals surface area contributed by atoms with Gasteiger partial charge in [0.1, 0.15) is 11.4 Å². The van der Waals surface area contributed by atoms with Crippen LogP contribution in [0, 0.1) is 46.5 Å². The Bertz CT molecular complexity index is 1770. The zero-order valence-corrected chi connectivity index (χ0v) is 27.2. The van der Waals surface area contributed by atoms with Gasteiger partial charge in [-0.3, -0.25) is 4.79 Å². The smallest absolute Gasteiger partial charge is 0.205 e. The van der Waals surface area contributed by atoms with Gasteiger partial charge in [-0.25, -0.2) is 17.6 Å². The lowest BCUT2D eigenvalue weighted by Gasteiger charge is -2.29. The molecule has 256 valence electrons. The molecule has 0 spiro atoms. The average molecular weight is 679 g/mol. The lowest BCUT2D eigenvalue weighted by Crippen LogP contribution is -2.31. The van der Waals surface area contributed by atoms with E-state index in [1.807, 2.05) is 12.1 Å². The molecule has 0 radical (unpaired) electrons. The largest absolute Gasteiger partial charge is 0.481 e. The molecular weight excluding hydrogens is 644 g/mol. The van der Waals surface area contributed by atoms with Crippen molar-refractivity contribution in [3.05, 3.63) is 112 Å². The van der Waals surface area contributed by atoms with E-state index in [9.17, 15) is 13.6 Å². The number of carbonyl (C=O) groups excluding carboxylic acids is 1. The quantitative estimate of drug-likeness (QED) is 0.0850. The molecule has 0 saturated heterocycles. The molecular formula is C37H34F8O3. The minimum Gasteiger partial charge on any atom is -0.481 e. The highest BCUT2D eigenvalue weighted by atomic mass is 19.2. The highest BCUT2D eigenvalue weighted by Gasteiger charge is 2.37. The van der Waals surface area contributed by atoms with Gasteiger partial charge < -0.3 is 9.47 Å². The van der Waals surface area contributed by atoms with Crippen molar-refractivity contribution in [1.29, 1.82) is 0 Å². The van der Waals surface area contributed by atoms with Crippen LogP contribution in [0.25, 0.3) is 11.1 Å². The van der Waals surface area contributed by atoms with Crippen LogP contribution in [0.2, 0.25) is 0 Å². The molecule has 0 fully saturated rings. The topological polar surface area (TPSA) is 35.5 Å². The predicted molar refractivity (Wildman–Crippen MR) is 165 cm³/mol. The van der Waals surface area contributed by atoms with E-state index < -0.39 is 74.8 Å². The van der Waals surface area contributed by atoms with Gasteiger partial charge >= 0.3 is 0 Å². The zero-order valence-electron chi connectivity index (χ0n) is 27.2. The minimum absolute atomic E-state index is 0.0537. The first kappa shape index (κ1) is 36.4. The van der Waals surface area contributed by atoms with Gasteiger partial charge in [-0.2, -0.15) is 17.6 Å². The second-order valence-corrected chi connectivity index (χ2v) is 12.0. The molecule has 0 aliphatic rings. The molecule has 0 heterocycles. The van der Waals surface area contributed by atoms with Gasteiger partial charge in [0.2, 0.25) is 29.0 Å². The van der Waals surface area contributed by atoms with Gasteiger partial charge in [-0.1, -0.05) is 58.9 Å². The number of rotatable bonds is 12. The fourth-order valence-electron chi connectivity index (χ4n) is 5.12. The first-order valence-electron chi connectivity index (χ1n) is 15.4. The number of benzene rings is 4. The Labute approximate surface area is 273 Å². The van der Waals surface area contributed by atoms with Crippen LogP contribution in [0.3, 0.4) is 0 Å². The summed E-state index contributed by atoms with van der Waals surface area (Å²) in [5.74, 6) is -22.1. The van der Waals surface area contributed by atoms with Crippen molar-refractivity contribution >= 4 is 5.78 Å². The summed E-state index contributed by atoms with van der Waals surface area (Å²) in [6.45, 7) is 10.9. The van der Waals surface area contributed by atoms with Crippen molar-refractivity contribution in [2.24, 2.45) is 0 Å². The highest BCUT2D eigenvalue weighted by Crippen LogP contribution is 2.43. The highest BCUT2D eigenvalue weighted by molar-refractivity contribution is 6.09. The average Bonchev–Trinajstić information content (AvgIpc) is 3.11. The molecule has 0 amide bonds. The number of hydrogen-bond acceptors (Lipinski definition) is 3. The summed E-state index contributed by atoms with van der Waals surface area (Å²) in [5, 5.41) is 0. The van der Waals surface area contributed by atoms with Crippen molar-refractivity contribution in [2.45, 2.75) is 78.2 Å². The Morgan fingerprint density at radius 3 is 1.29 bits per heavy atom. The van der Waals surface area contributed by atoms with Crippen LogP contribution in [0.15, 0.2) is 48.5 Å². The first-order valence-corrected chi connectivity index (χ1v) is 15.4. The van der Waals surface area contributed by atoms with Gasteiger partial charge in [0.15, 0.2) is 34.8 Å². The lowest BCUT2D eigenvalue weighted by atomic mass is 9.77. The predicted octanol–water partition coefficient (Wildman–Crippen LogP) is 11.5. The summed E-state index contributed by atoms with van der Waals surface area (Å²) in [6, 6.07) is 11.8. The normalized spacial score (nSPS) is 12.0. The molecule has 0 unspecified atom stereocenters. The van der Waals surface area contributed by atoms with Gasteiger partial charge in [-0.15, -0.1) is 0 Å². The minimum atomic E-state index is -2.38. The number of ether oxygens (including phenoxy) is 2. The Hall–Kier alpha value is -4.41. The summed E-state index contributed by atoms with van der Waals surface area (Å²) in [6.07, 6.45) is 2.14. The second-order valence-electron chi connectivity index (χ2n) is 12.0. The van der Waals surface area contributed by atoms with Gasteiger partial charge in [0, 0.05) is 11.1 Å². The van der Waals surface area contributed by atoms with E-state index in [1.165, 1.54) is 19.1 Å². The summed E-state index contributed by atoms with van der Waals surface area (Å²) >= 11 is 0. The maximum Gasteiger partial charge on any atom is 0.205 e. The molecule has 0 aromatic heterocycles. The van der Waals surface area contributed by atoms with Crippen LogP contribution in [-0.4, -0.2) is 11.4 Å². The first-order chi connectivity index (χ1) is 22.6. The van der Waals surface area contributed by atoms with E-state index in [-0.39, 0.29) is 35.4 Å². The third kappa shape index (κ3) is 6.51. The Morgan fingerprint density at radius 2 is 0.917 bits per heavy atom. The Morgan fingerprint density at radius 1 is 0.542 bits per heavy atom. The van der Waals surface area contributed by atoms with Gasteiger partial charge in [0.25, 0.3) is 0 Å². The zero-order chi connectivity index (χ0) is 35.7. The Balaban J connectivity index is 1.66. The van der Waals surface area contributed by atoms with Crippen molar-refractivity contribution in [1.82, 2.24) is 0 Å². The third-order valence-electron chi connectivity index (χ3n) is 9.28. The molecule has 0 atom stereocenters. The van der Waals surface area contributed by atoms with E-state index in [2.05, 4.69) is 20.8 Å². The van der Waals surface area contributed by atoms with Crippen molar-refractivity contribution < 1.29 is 49.4 Å². The van der Waals surface area contributed by atoms with Crippen molar-refractivity contribution in [2.75, 3.05) is 0 Å². The molecule has 3 nitrogen and oxygen atoms in total. The molecule has 4 aromatic rings. The summed E-state index contributed by atoms with van der Waals surface area (Å²) < 4.78 is 131. The summed E-state index contributed by atoms with van der Waals surface area (Å²) in [5.41, 5.74) is -3.76. The van der Waals surface area contributed by atoms with Crippen LogP contribution in [0.4, 0.5) is 35.1 Å². The molecule has 0 saturated carbocycles. The molecule has 4 rings (SSSR count). The second kappa shape index (κ2) is 14.0. The van der Waals surface area contributed by atoms with E-state index in [0.717, 1.165) is 30.5 Å². The monoisotopic (exact) mass is 678 g/mol. The van der Waals surface area contributed by atoms with E-state index in [0.29, 0.717) is 5.56 Å². The standard InChI is InChI=1S/C37H34F8O3/c1-7-36(5,8-2)21-15-11-19(12-16-21)33(46)20-13-17-22(18-14-20)47-34-29(42)25(38)23(26(39)30(34)43)24-27(40)31(44)35(32(45)28(24)41)48-37(6,9-3)10-4/h11-18H,7-10H2,1-6H3. The Kier molecular flexibility index (Phi) is 10.6. The van der Waals surface area contributed by atoms with Gasteiger partial charge in [-0.05, 0) is 67.9 Å². The fourth-order valence-corrected chi connectivity index (χ4v) is 5.12. The van der Waals surface area contributed by atoms with E-state index in [1.54, 1.807) is 26.0 Å². The third-order valence-corrected chi connectivity index (χ3v) is 9.28. The van der Waals surface area contributed by atoms with E-state index in [4.69, 9.17) is 9.47 Å². The summed E-state index contributed by atoms with van der Waals surface area (Å²) in [7, 11) is 0. The number of hydrogen-bond donors (Lipinski definition) is 0. The van der Waals surface area contributed by atoms with E-state index >= 15 is 26.3 Å². The SMILES string of the molecule is CCC(C)(CC)Oc1c(F)c(F)c(-c2c(F)c(F)c(Oc3ccc(C(=O)c4ccc(C(C)(CC)CC)cc4)cc3)c(F)c2F)c(F)c1F. The molecule has 11 heteroatoms. The van der Waals surface area contributed by atoms with Crippen molar-refractivity contribution in [3.63, 3.8) is 0 Å². The summed E-state index contributed by atoms with van der Waals surface area (Å²) in [4.78, 5) is 13.0. The molecule has 48 heavy (non-hydrogen) atoms.